The molecule has 0 aliphatic heterocycles. The molecule has 1 amide bonds. The van der Waals surface area contributed by atoms with Gasteiger partial charge in [-0.1, -0.05) is 18.9 Å². The quantitative estimate of drug-likeness (QED) is 0.192. The lowest BCUT2D eigenvalue weighted by atomic mass is 10.2. The number of fused-ring (bicyclic) bond motifs is 1. The summed E-state index contributed by atoms with van der Waals surface area (Å²) in [6.45, 7) is 4.97. The third-order valence-electron chi connectivity index (χ3n) is 5.78. The Balaban J connectivity index is 1.34. The molecule has 0 aliphatic carbocycles. The van der Waals surface area contributed by atoms with E-state index in [0.29, 0.717) is 35.9 Å². The number of ether oxygens (including phenoxy) is 1. The van der Waals surface area contributed by atoms with Crippen LogP contribution in [0, 0.1) is 24.0 Å². The standard InChI is InChI=1S/C28H29F2N7O2/c1-3-11-36(12-4-2)13-6-14-39-21-9-10-22-25(15-21)31-19-32-28(22)34-20-16-33-37(17-20)18-26(38)35-24-8-5-7-23(29)27(24)30/h1,5,7-10,15-17,19H,4,6,11-14,18H2,2H3,(H,35,38)(H,31,32,34). The summed E-state index contributed by atoms with van der Waals surface area (Å²) in [5, 5.41) is 10.5. The Morgan fingerprint density at radius 1 is 1.21 bits per heavy atom. The lowest BCUT2D eigenvalue weighted by Gasteiger charge is -2.18. The van der Waals surface area contributed by atoms with Crippen molar-refractivity contribution in [1.82, 2.24) is 24.6 Å². The fraction of sp³-hybridized carbons (Fsp3) is 0.286. The number of anilines is 3. The van der Waals surface area contributed by atoms with Crippen LogP contribution in [0.2, 0.25) is 0 Å². The first-order valence-corrected chi connectivity index (χ1v) is 12.5. The number of rotatable bonds is 13. The molecule has 4 aromatic rings. The molecule has 0 saturated carbocycles. The van der Waals surface area contributed by atoms with Crippen molar-refractivity contribution in [3.05, 3.63) is 66.8 Å². The fourth-order valence-electron chi connectivity index (χ4n) is 4.01. The highest BCUT2D eigenvalue weighted by molar-refractivity contribution is 5.92. The number of nitrogens with one attached hydrogen (secondary N) is 2. The van der Waals surface area contributed by atoms with Crippen LogP contribution in [0.4, 0.5) is 26.0 Å². The van der Waals surface area contributed by atoms with Crippen LogP contribution in [0.5, 0.6) is 5.75 Å². The first kappa shape index (κ1) is 27.5. The molecule has 2 N–H and O–H groups in total. The topological polar surface area (TPSA) is 97.2 Å². The molecule has 39 heavy (non-hydrogen) atoms. The molecule has 0 saturated heterocycles. The molecular weight excluding hydrogens is 504 g/mol. The number of hydrogen-bond donors (Lipinski definition) is 2. The number of hydrogen-bond acceptors (Lipinski definition) is 7. The summed E-state index contributed by atoms with van der Waals surface area (Å²) in [5.41, 5.74) is 1.06. The summed E-state index contributed by atoms with van der Waals surface area (Å²) in [5.74, 6) is 1.25. The third kappa shape index (κ3) is 7.49. The average Bonchev–Trinajstić information content (AvgIpc) is 3.36. The summed E-state index contributed by atoms with van der Waals surface area (Å²) in [6.07, 6.45) is 11.9. The van der Waals surface area contributed by atoms with Crippen molar-refractivity contribution >= 4 is 34.0 Å². The van der Waals surface area contributed by atoms with Crippen LogP contribution >= 0.6 is 0 Å². The van der Waals surface area contributed by atoms with Crippen LogP contribution < -0.4 is 15.4 Å². The Kier molecular flexibility index (Phi) is 9.37. The van der Waals surface area contributed by atoms with Crippen LogP contribution in [0.1, 0.15) is 19.8 Å². The average molecular weight is 534 g/mol. The van der Waals surface area contributed by atoms with E-state index in [-0.39, 0.29) is 12.2 Å². The Hall–Kier alpha value is -4.56. The van der Waals surface area contributed by atoms with Crippen molar-refractivity contribution in [2.24, 2.45) is 0 Å². The summed E-state index contributed by atoms with van der Waals surface area (Å²) in [7, 11) is 0. The minimum atomic E-state index is -1.11. The van der Waals surface area contributed by atoms with Gasteiger partial charge in [-0.2, -0.15) is 5.10 Å². The van der Waals surface area contributed by atoms with Crippen LogP contribution in [-0.4, -0.2) is 56.8 Å². The summed E-state index contributed by atoms with van der Waals surface area (Å²) >= 11 is 0. The second kappa shape index (κ2) is 13.3. The van der Waals surface area contributed by atoms with E-state index in [1.165, 1.54) is 29.3 Å². The minimum absolute atomic E-state index is 0.193. The molecule has 0 atom stereocenters. The molecule has 9 nitrogen and oxygen atoms in total. The second-order valence-corrected chi connectivity index (χ2v) is 8.78. The first-order chi connectivity index (χ1) is 19.0. The maximum atomic E-state index is 13.8. The SMILES string of the molecule is C#CCN(CCC)CCCOc1ccc2c(Nc3cnn(CC(=O)Nc4cccc(F)c4F)c3)ncnc2c1. The number of terminal acetylenes is 1. The number of carbonyl (C=O) groups is 1. The summed E-state index contributed by atoms with van der Waals surface area (Å²) in [4.78, 5) is 23.2. The lowest BCUT2D eigenvalue weighted by molar-refractivity contribution is -0.116. The van der Waals surface area contributed by atoms with E-state index in [4.69, 9.17) is 11.2 Å². The molecule has 0 radical (unpaired) electrons. The van der Waals surface area contributed by atoms with Gasteiger partial charge in [0.15, 0.2) is 11.6 Å². The second-order valence-electron chi connectivity index (χ2n) is 8.78. The van der Waals surface area contributed by atoms with Crippen LogP contribution in [0.3, 0.4) is 0 Å². The lowest BCUT2D eigenvalue weighted by Crippen LogP contribution is -2.27. The van der Waals surface area contributed by atoms with Crippen molar-refractivity contribution in [2.45, 2.75) is 26.3 Å². The van der Waals surface area contributed by atoms with Crippen molar-refractivity contribution < 1.29 is 18.3 Å². The zero-order chi connectivity index (χ0) is 27.6. The van der Waals surface area contributed by atoms with E-state index in [0.717, 1.165) is 37.4 Å². The Labute approximate surface area is 225 Å². The zero-order valence-electron chi connectivity index (χ0n) is 21.5. The normalized spacial score (nSPS) is 10.9. The van der Waals surface area contributed by atoms with Crippen molar-refractivity contribution in [3.63, 3.8) is 0 Å². The van der Waals surface area contributed by atoms with Gasteiger partial charge < -0.3 is 15.4 Å². The van der Waals surface area contributed by atoms with E-state index in [1.807, 2.05) is 18.2 Å². The number of benzene rings is 2. The number of halogens is 2. The highest BCUT2D eigenvalue weighted by atomic mass is 19.2. The van der Waals surface area contributed by atoms with Gasteiger partial charge in [0.25, 0.3) is 0 Å². The molecular formula is C28H29F2N7O2. The largest absolute Gasteiger partial charge is 0.493 e. The molecule has 0 aliphatic rings. The monoisotopic (exact) mass is 533 g/mol. The first-order valence-electron chi connectivity index (χ1n) is 12.5. The van der Waals surface area contributed by atoms with E-state index in [9.17, 15) is 13.6 Å². The van der Waals surface area contributed by atoms with Gasteiger partial charge in [-0.3, -0.25) is 14.4 Å². The number of amides is 1. The molecule has 11 heteroatoms. The van der Waals surface area contributed by atoms with Gasteiger partial charge in [-0.25, -0.2) is 18.7 Å². The number of aromatic nitrogens is 4. The van der Waals surface area contributed by atoms with E-state index in [2.05, 4.69) is 43.4 Å². The van der Waals surface area contributed by atoms with Gasteiger partial charge in [0.05, 0.1) is 36.2 Å². The summed E-state index contributed by atoms with van der Waals surface area (Å²) < 4.78 is 34.5. The summed E-state index contributed by atoms with van der Waals surface area (Å²) in [6, 6.07) is 9.17. The van der Waals surface area contributed by atoms with Crippen molar-refractivity contribution in [1.29, 1.82) is 0 Å². The maximum absolute atomic E-state index is 13.8. The Bertz CT molecular complexity index is 1470. The van der Waals surface area contributed by atoms with Gasteiger partial charge >= 0.3 is 0 Å². The van der Waals surface area contributed by atoms with Crippen LogP contribution in [0.15, 0.2) is 55.1 Å². The molecule has 2 aromatic carbocycles. The van der Waals surface area contributed by atoms with Gasteiger partial charge in [0, 0.05) is 24.2 Å². The van der Waals surface area contributed by atoms with E-state index >= 15 is 0 Å². The maximum Gasteiger partial charge on any atom is 0.246 e. The number of nitrogens with zero attached hydrogens (tertiary/aromatic N) is 5. The highest BCUT2D eigenvalue weighted by Gasteiger charge is 2.13. The number of carbonyl (C=O) groups excluding carboxylic acids is 1. The molecule has 0 unspecified atom stereocenters. The highest BCUT2D eigenvalue weighted by Crippen LogP contribution is 2.26. The Morgan fingerprint density at radius 3 is 2.90 bits per heavy atom. The molecule has 0 fully saturated rings. The van der Waals surface area contributed by atoms with E-state index < -0.39 is 17.5 Å². The Morgan fingerprint density at radius 2 is 2.08 bits per heavy atom. The predicted molar refractivity (Wildman–Crippen MR) is 146 cm³/mol. The van der Waals surface area contributed by atoms with Crippen LogP contribution in [0.25, 0.3) is 10.9 Å². The molecule has 4 rings (SSSR count). The zero-order valence-corrected chi connectivity index (χ0v) is 21.5. The van der Waals surface area contributed by atoms with Gasteiger partial charge in [-0.05, 0) is 43.7 Å². The molecule has 2 aromatic heterocycles. The molecule has 202 valence electrons. The van der Waals surface area contributed by atoms with Crippen LogP contribution in [-0.2, 0) is 11.3 Å². The van der Waals surface area contributed by atoms with Gasteiger partial charge in [0.2, 0.25) is 5.91 Å². The fourth-order valence-corrected chi connectivity index (χ4v) is 4.01. The van der Waals surface area contributed by atoms with Crippen molar-refractivity contribution in [2.75, 3.05) is 36.9 Å². The minimum Gasteiger partial charge on any atom is -0.493 e. The third-order valence-corrected chi connectivity index (χ3v) is 5.78. The van der Waals surface area contributed by atoms with E-state index in [1.54, 1.807) is 6.20 Å². The molecule has 0 spiro atoms. The van der Waals surface area contributed by atoms with Gasteiger partial charge in [0.1, 0.15) is 24.4 Å². The van der Waals surface area contributed by atoms with Crippen molar-refractivity contribution in [3.8, 4) is 18.1 Å². The predicted octanol–water partition coefficient (Wildman–Crippen LogP) is 4.60. The molecule has 2 heterocycles. The molecule has 0 bridgehead atoms. The van der Waals surface area contributed by atoms with Gasteiger partial charge in [-0.15, -0.1) is 6.42 Å². The smallest absolute Gasteiger partial charge is 0.246 e.